The number of carboxylic acids is 1. The molecule has 1 atom stereocenters. The minimum absolute atomic E-state index is 0.374. The molecule has 0 saturated heterocycles. The second-order valence-corrected chi connectivity index (χ2v) is 5.00. The molecule has 1 unspecified atom stereocenters. The monoisotopic (exact) mass is 275 g/mol. The van der Waals surface area contributed by atoms with Crippen LogP contribution in [0.2, 0.25) is 10.0 Å². The maximum atomic E-state index is 11.4. The van der Waals surface area contributed by atoms with Crippen LogP contribution in [0.4, 0.5) is 0 Å². The molecule has 0 heterocycles. The third kappa shape index (κ3) is 3.12. The third-order valence-corrected chi connectivity index (χ3v) is 3.43. The van der Waals surface area contributed by atoms with Crippen LogP contribution in [0.15, 0.2) is 18.2 Å². The van der Waals surface area contributed by atoms with Crippen molar-refractivity contribution in [2.75, 3.05) is 6.54 Å². The van der Waals surface area contributed by atoms with Crippen LogP contribution in [-0.2, 0) is 10.2 Å². The van der Waals surface area contributed by atoms with Crippen molar-refractivity contribution in [3.05, 3.63) is 33.8 Å². The quantitative estimate of drug-likeness (QED) is 0.868. The molecule has 0 fully saturated rings. The molecule has 5 heteroatoms. The smallest absolute Gasteiger partial charge is 0.313 e. The number of hydrogen-bond acceptors (Lipinski definition) is 2. The Morgan fingerprint density at radius 1 is 1.47 bits per heavy atom. The van der Waals surface area contributed by atoms with Crippen molar-refractivity contribution in [1.29, 1.82) is 0 Å². The highest BCUT2D eigenvalue weighted by atomic mass is 35.5. The number of benzene rings is 1. The van der Waals surface area contributed by atoms with Crippen LogP contribution in [0.1, 0.15) is 25.3 Å². The van der Waals surface area contributed by atoms with Gasteiger partial charge >= 0.3 is 5.97 Å². The molecule has 0 bridgehead atoms. The number of rotatable bonds is 5. The highest BCUT2D eigenvalue weighted by molar-refractivity contribution is 6.35. The van der Waals surface area contributed by atoms with E-state index in [2.05, 4.69) is 0 Å². The summed E-state index contributed by atoms with van der Waals surface area (Å²) in [6.45, 7) is 2.11. The van der Waals surface area contributed by atoms with Crippen molar-refractivity contribution in [3.8, 4) is 0 Å². The van der Waals surface area contributed by atoms with Crippen molar-refractivity contribution < 1.29 is 9.90 Å². The Morgan fingerprint density at radius 2 is 2.12 bits per heavy atom. The van der Waals surface area contributed by atoms with E-state index < -0.39 is 11.4 Å². The molecule has 0 aromatic heterocycles. The van der Waals surface area contributed by atoms with Crippen molar-refractivity contribution in [1.82, 2.24) is 0 Å². The molecule has 1 rings (SSSR count). The van der Waals surface area contributed by atoms with Crippen LogP contribution in [0.3, 0.4) is 0 Å². The summed E-state index contributed by atoms with van der Waals surface area (Å²) >= 11 is 11.9. The molecule has 0 aliphatic rings. The summed E-state index contributed by atoms with van der Waals surface area (Å²) in [5, 5.41) is 10.2. The second-order valence-electron chi connectivity index (χ2n) is 4.15. The molecular formula is C12H15Cl2NO2. The molecule has 0 spiro atoms. The summed E-state index contributed by atoms with van der Waals surface area (Å²) in [4.78, 5) is 11.4. The number of hydrogen-bond donors (Lipinski definition) is 2. The molecule has 94 valence electrons. The van der Waals surface area contributed by atoms with Gasteiger partial charge in [0.25, 0.3) is 0 Å². The molecule has 0 saturated carbocycles. The fraction of sp³-hybridized carbons (Fsp3) is 0.417. The minimum Gasteiger partial charge on any atom is -0.481 e. The van der Waals surface area contributed by atoms with Crippen LogP contribution >= 0.6 is 23.2 Å². The van der Waals surface area contributed by atoms with Gasteiger partial charge in [-0.25, -0.2) is 0 Å². The Balaban J connectivity index is 3.17. The van der Waals surface area contributed by atoms with E-state index in [4.69, 9.17) is 28.9 Å². The normalized spacial score (nSPS) is 14.4. The Bertz CT molecular complexity index is 423. The van der Waals surface area contributed by atoms with Crippen molar-refractivity contribution in [3.63, 3.8) is 0 Å². The maximum absolute atomic E-state index is 11.4. The summed E-state index contributed by atoms with van der Waals surface area (Å²) in [7, 11) is 0. The lowest BCUT2D eigenvalue weighted by atomic mass is 9.78. The van der Waals surface area contributed by atoms with Gasteiger partial charge < -0.3 is 10.8 Å². The van der Waals surface area contributed by atoms with E-state index in [1.165, 1.54) is 0 Å². The minimum atomic E-state index is -1.03. The lowest BCUT2D eigenvalue weighted by Gasteiger charge is -2.26. The molecule has 0 amide bonds. The zero-order valence-electron chi connectivity index (χ0n) is 9.54. The van der Waals surface area contributed by atoms with Crippen molar-refractivity contribution >= 4 is 29.2 Å². The van der Waals surface area contributed by atoms with Gasteiger partial charge in [-0.05, 0) is 44.0 Å². The molecule has 3 N–H and O–H groups in total. The Morgan fingerprint density at radius 3 is 2.59 bits per heavy atom. The number of nitrogens with two attached hydrogens (primary N) is 1. The molecule has 1 aromatic carbocycles. The fourth-order valence-corrected chi connectivity index (χ4v) is 2.37. The standard InChI is InChI=1S/C12H15Cl2NO2/c1-12(11(16)17,5-2-6-15)9-4-3-8(13)7-10(9)14/h3-4,7H,2,5-6,15H2,1H3,(H,16,17). The average molecular weight is 276 g/mol. The van der Waals surface area contributed by atoms with Gasteiger partial charge in [0.05, 0.1) is 5.41 Å². The Labute approximate surface area is 111 Å². The fourth-order valence-electron chi connectivity index (χ4n) is 1.75. The summed E-state index contributed by atoms with van der Waals surface area (Å²) < 4.78 is 0. The SMILES string of the molecule is CC(CCCN)(C(=O)O)c1ccc(Cl)cc1Cl. The van der Waals surface area contributed by atoms with E-state index in [-0.39, 0.29) is 0 Å². The van der Waals surface area contributed by atoms with Gasteiger partial charge in [0.15, 0.2) is 0 Å². The third-order valence-electron chi connectivity index (χ3n) is 2.88. The zero-order chi connectivity index (χ0) is 13.1. The first-order chi connectivity index (χ1) is 7.91. The van der Waals surface area contributed by atoms with Crippen molar-refractivity contribution in [2.24, 2.45) is 5.73 Å². The van der Waals surface area contributed by atoms with Crippen LogP contribution in [-0.4, -0.2) is 17.6 Å². The highest BCUT2D eigenvalue weighted by Gasteiger charge is 2.36. The highest BCUT2D eigenvalue weighted by Crippen LogP contribution is 2.35. The number of aliphatic carboxylic acids is 1. The van der Waals surface area contributed by atoms with Gasteiger partial charge in [0, 0.05) is 10.0 Å². The zero-order valence-corrected chi connectivity index (χ0v) is 11.1. The van der Waals surface area contributed by atoms with Crippen LogP contribution < -0.4 is 5.73 Å². The van der Waals surface area contributed by atoms with Gasteiger partial charge in [0.2, 0.25) is 0 Å². The second kappa shape index (κ2) is 5.71. The molecule has 0 aliphatic heterocycles. The summed E-state index contributed by atoms with van der Waals surface area (Å²) in [6.07, 6.45) is 1.07. The summed E-state index contributed by atoms with van der Waals surface area (Å²) in [5.41, 5.74) is 4.98. The largest absolute Gasteiger partial charge is 0.481 e. The Hall–Kier alpha value is -0.770. The molecule has 0 aliphatic carbocycles. The maximum Gasteiger partial charge on any atom is 0.313 e. The van der Waals surface area contributed by atoms with Crippen LogP contribution in [0.5, 0.6) is 0 Å². The van der Waals surface area contributed by atoms with Gasteiger partial charge in [-0.2, -0.15) is 0 Å². The number of halogens is 2. The molecule has 17 heavy (non-hydrogen) atoms. The molecular weight excluding hydrogens is 261 g/mol. The lowest BCUT2D eigenvalue weighted by molar-refractivity contribution is -0.143. The number of carbonyl (C=O) groups is 1. The number of carboxylic acid groups (broad SMARTS) is 1. The summed E-state index contributed by atoms with van der Waals surface area (Å²) in [6, 6.07) is 4.86. The molecule has 1 aromatic rings. The van der Waals surface area contributed by atoms with E-state index >= 15 is 0 Å². The molecule has 0 radical (unpaired) electrons. The van der Waals surface area contributed by atoms with Crippen molar-refractivity contribution in [2.45, 2.75) is 25.2 Å². The first-order valence-electron chi connectivity index (χ1n) is 5.31. The van der Waals surface area contributed by atoms with E-state index in [0.29, 0.717) is 35.0 Å². The average Bonchev–Trinajstić information content (AvgIpc) is 2.25. The van der Waals surface area contributed by atoms with Crippen LogP contribution in [0.25, 0.3) is 0 Å². The Kier molecular flexibility index (Phi) is 4.80. The first kappa shape index (κ1) is 14.3. The van der Waals surface area contributed by atoms with E-state index in [0.717, 1.165) is 0 Å². The van der Waals surface area contributed by atoms with Crippen LogP contribution in [0, 0.1) is 0 Å². The van der Waals surface area contributed by atoms with Gasteiger partial charge in [-0.3, -0.25) is 4.79 Å². The predicted molar refractivity (Wildman–Crippen MR) is 69.7 cm³/mol. The van der Waals surface area contributed by atoms with E-state index in [9.17, 15) is 9.90 Å². The van der Waals surface area contributed by atoms with Gasteiger partial charge in [-0.15, -0.1) is 0 Å². The summed E-state index contributed by atoms with van der Waals surface area (Å²) in [5.74, 6) is -0.907. The molecule has 3 nitrogen and oxygen atoms in total. The lowest BCUT2D eigenvalue weighted by Crippen LogP contribution is -2.33. The predicted octanol–water partition coefficient (Wildman–Crippen LogP) is 3.07. The van der Waals surface area contributed by atoms with Gasteiger partial charge in [-0.1, -0.05) is 29.3 Å². The topological polar surface area (TPSA) is 63.3 Å². The van der Waals surface area contributed by atoms with E-state index in [1.54, 1.807) is 25.1 Å². The van der Waals surface area contributed by atoms with E-state index in [1.807, 2.05) is 0 Å². The van der Waals surface area contributed by atoms with Gasteiger partial charge in [0.1, 0.15) is 0 Å². The first-order valence-corrected chi connectivity index (χ1v) is 6.06.